The Morgan fingerprint density at radius 3 is 2.52 bits per heavy atom. The van der Waals surface area contributed by atoms with Crippen molar-refractivity contribution in [3.05, 3.63) is 67.1 Å². The van der Waals surface area contributed by atoms with E-state index in [-0.39, 0.29) is 0 Å². The summed E-state index contributed by atoms with van der Waals surface area (Å²) in [4.78, 5) is 8.08. The lowest BCUT2D eigenvalue weighted by molar-refractivity contribution is 0.810. The molecular formula is C18H19N3S2. The summed E-state index contributed by atoms with van der Waals surface area (Å²) in [6, 6.07) is 10.5. The molecule has 0 unspecified atom stereocenters. The zero-order valence-corrected chi connectivity index (χ0v) is 15.3. The largest absolute Gasteiger partial charge is 0.220 e. The van der Waals surface area contributed by atoms with Crippen molar-refractivity contribution in [2.75, 3.05) is 0 Å². The van der Waals surface area contributed by atoms with Crippen molar-refractivity contribution < 1.29 is 0 Å². The Morgan fingerprint density at radius 2 is 1.83 bits per heavy atom. The van der Waals surface area contributed by atoms with Crippen molar-refractivity contribution in [1.82, 2.24) is 4.68 Å². The third-order valence-corrected chi connectivity index (χ3v) is 5.50. The lowest BCUT2D eigenvalue weighted by atomic mass is 10.1. The normalized spacial score (nSPS) is 12.4. The standard InChI is InChI=1S/C18H19N3S2/c1-12-5-7-16(9-13(12)2)20-18-21(14(3)11-22-18)19-10-17-8-6-15(4)23-17/h5-11H,1-4H3. The first-order valence-corrected chi connectivity index (χ1v) is 9.12. The van der Waals surface area contributed by atoms with E-state index in [1.165, 1.54) is 16.0 Å². The van der Waals surface area contributed by atoms with Gasteiger partial charge in [0.05, 0.1) is 17.6 Å². The van der Waals surface area contributed by atoms with Crippen molar-refractivity contribution >= 4 is 34.6 Å². The van der Waals surface area contributed by atoms with Gasteiger partial charge in [-0.3, -0.25) is 0 Å². The van der Waals surface area contributed by atoms with Crippen LogP contribution in [0.1, 0.15) is 26.6 Å². The van der Waals surface area contributed by atoms with E-state index in [1.807, 2.05) is 23.9 Å². The minimum Gasteiger partial charge on any atom is -0.220 e. The van der Waals surface area contributed by atoms with Gasteiger partial charge in [0.25, 0.3) is 0 Å². The molecule has 0 bridgehead atoms. The average Bonchev–Trinajstić information content (AvgIpc) is 3.08. The Kier molecular flexibility index (Phi) is 4.59. The van der Waals surface area contributed by atoms with Crippen molar-refractivity contribution in [2.24, 2.45) is 10.1 Å². The summed E-state index contributed by atoms with van der Waals surface area (Å²) >= 11 is 3.35. The van der Waals surface area contributed by atoms with E-state index >= 15 is 0 Å². The number of thiazole rings is 1. The van der Waals surface area contributed by atoms with Crippen LogP contribution < -0.4 is 4.80 Å². The highest BCUT2D eigenvalue weighted by atomic mass is 32.1. The second-order valence-corrected chi connectivity index (χ2v) is 7.70. The first-order valence-electron chi connectivity index (χ1n) is 7.43. The topological polar surface area (TPSA) is 29.6 Å². The maximum absolute atomic E-state index is 4.75. The molecule has 0 radical (unpaired) electrons. The molecule has 23 heavy (non-hydrogen) atoms. The number of thiophene rings is 1. The molecule has 0 saturated carbocycles. The zero-order chi connectivity index (χ0) is 16.4. The fourth-order valence-electron chi connectivity index (χ4n) is 2.15. The average molecular weight is 342 g/mol. The summed E-state index contributed by atoms with van der Waals surface area (Å²) in [5.74, 6) is 0. The van der Waals surface area contributed by atoms with Crippen LogP contribution in [-0.2, 0) is 0 Å². The van der Waals surface area contributed by atoms with Crippen molar-refractivity contribution in [1.29, 1.82) is 0 Å². The van der Waals surface area contributed by atoms with E-state index in [4.69, 9.17) is 4.99 Å². The molecule has 3 nitrogen and oxygen atoms in total. The van der Waals surface area contributed by atoms with Crippen LogP contribution in [0, 0.1) is 27.7 Å². The Labute approximate surface area is 144 Å². The molecule has 0 aliphatic rings. The molecule has 2 aromatic heterocycles. The smallest absolute Gasteiger partial charge is 0.211 e. The lowest BCUT2D eigenvalue weighted by Gasteiger charge is -2.01. The van der Waals surface area contributed by atoms with Gasteiger partial charge in [0.1, 0.15) is 0 Å². The molecule has 0 aliphatic carbocycles. The lowest BCUT2D eigenvalue weighted by Crippen LogP contribution is -2.11. The minimum absolute atomic E-state index is 0.885. The molecule has 118 valence electrons. The van der Waals surface area contributed by atoms with Crippen LogP contribution in [0.2, 0.25) is 0 Å². The number of hydrogen-bond acceptors (Lipinski definition) is 4. The Balaban J connectivity index is 1.99. The summed E-state index contributed by atoms with van der Waals surface area (Å²) in [6.45, 7) is 8.37. The number of benzene rings is 1. The molecule has 0 aliphatic heterocycles. The molecule has 0 fully saturated rings. The van der Waals surface area contributed by atoms with Crippen LogP contribution in [0.25, 0.3) is 0 Å². The van der Waals surface area contributed by atoms with Gasteiger partial charge in [0.2, 0.25) is 4.80 Å². The van der Waals surface area contributed by atoms with E-state index in [0.717, 1.165) is 21.1 Å². The van der Waals surface area contributed by atoms with Crippen LogP contribution >= 0.6 is 22.7 Å². The Bertz CT molecular complexity index is 926. The van der Waals surface area contributed by atoms with Gasteiger partial charge in [-0.2, -0.15) is 5.10 Å². The zero-order valence-electron chi connectivity index (χ0n) is 13.7. The first-order chi connectivity index (χ1) is 11.0. The van der Waals surface area contributed by atoms with E-state index in [0.29, 0.717) is 0 Å². The predicted octanol–water partition coefficient (Wildman–Crippen LogP) is 4.96. The van der Waals surface area contributed by atoms with Crippen LogP contribution in [-0.4, -0.2) is 10.9 Å². The van der Waals surface area contributed by atoms with Crippen LogP contribution in [0.5, 0.6) is 0 Å². The van der Waals surface area contributed by atoms with Crippen molar-refractivity contribution in [3.8, 4) is 0 Å². The predicted molar refractivity (Wildman–Crippen MR) is 100 cm³/mol. The number of hydrogen-bond donors (Lipinski definition) is 0. The van der Waals surface area contributed by atoms with E-state index in [1.54, 1.807) is 22.7 Å². The second kappa shape index (κ2) is 6.64. The molecule has 0 spiro atoms. The summed E-state index contributed by atoms with van der Waals surface area (Å²) in [7, 11) is 0. The SMILES string of the molecule is Cc1ccc(C=Nn2c(C)csc2=Nc2ccc(C)c(C)c2)s1. The molecule has 0 atom stereocenters. The minimum atomic E-state index is 0.885. The highest BCUT2D eigenvalue weighted by Gasteiger charge is 2.01. The van der Waals surface area contributed by atoms with Gasteiger partial charge in [-0.25, -0.2) is 9.67 Å². The Morgan fingerprint density at radius 1 is 1.00 bits per heavy atom. The summed E-state index contributed by atoms with van der Waals surface area (Å²) in [5, 5.41) is 6.68. The molecule has 2 heterocycles. The summed E-state index contributed by atoms with van der Waals surface area (Å²) in [5.41, 5.74) is 4.59. The Hall–Kier alpha value is -1.98. The maximum Gasteiger partial charge on any atom is 0.211 e. The summed E-state index contributed by atoms with van der Waals surface area (Å²) in [6.07, 6.45) is 1.90. The highest BCUT2D eigenvalue weighted by Crippen LogP contribution is 2.17. The third-order valence-electron chi connectivity index (χ3n) is 3.63. The molecule has 0 saturated heterocycles. The quantitative estimate of drug-likeness (QED) is 0.603. The van der Waals surface area contributed by atoms with Crippen LogP contribution in [0.15, 0.2) is 45.8 Å². The van der Waals surface area contributed by atoms with Gasteiger partial charge < -0.3 is 0 Å². The molecule has 0 N–H and O–H groups in total. The van der Waals surface area contributed by atoms with Gasteiger partial charge in [0.15, 0.2) is 0 Å². The van der Waals surface area contributed by atoms with Gasteiger partial charge in [-0.15, -0.1) is 22.7 Å². The molecule has 0 amide bonds. The third kappa shape index (κ3) is 3.68. The molecular weight excluding hydrogens is 322 g/mol. The van der Waals surface area contributed by atoms with Crippen LogP contribution in [0.3, 0.4) is 0 Å². The second-order valence-electron chi connectivity index (χ2n) is 5.54. The van der Waals surface area contributed by atoms with Gasteiger partial charge in [0, 0.05) is 15.1 Å². The van der Waals surface area contributed by atoms with Gasteiger partial charge in [-0.05, 0) is 63.1 Å². The van der Waals surface area contributed by atoms with E-state index in [2.05, 4.69) is 55.5 Å². The monoisotopic (exact) mass is 341 g/mol. The molecule has 3 rings (SSSR count). The number of aromatic nitrogens is 1. The number of rotatable bonds is 3. The molecule has 1 aromatic carbocycles. The molecule has 5 heteroatoms. The number of nitrogens with zero attached hydrogens (tertiary/aromatic N) is 3. The van der Waals surface area contributed by atoms with Crippen molar-refractivity contribution in [3.63, 3.8) is 0 Å². The maximum atomic E-state index is 4.75. The van der Waals surface area contributed by atoms with Crippen LogP contribution in [0.4, 0.5) is 5.69 Å². The van der Waals surface area contributed by atoms with Gasteiger partial charge >= 0.3 is 0 Å². The van der Waals surface area contributed by atoms with E-state index in [9.17, 15) is 0 Å². The highest BCUT2D eigenvalue weighted by molar-refractivity contribution is 7.13. The van der Waals surface area contributed by atoms with Gasteiger partial charge in [-0.1, -0.05) is 6.07 Å². The summed E-state index contributed by atoms with van der Waals surface area (Å²) < 4.78 is 1.90. The first kappa shape index (κ1) is 15.9. The fraction of sp³-hybridized carbons (Fsp3) is 0.222. The number of aryl methyl sites for hydroxylation is 4. The van der Waals surface area contributed by atoms with Crippen molar-refractivity contribution in [2.45, 2.75) is 27.7 Å². The fourth-order valence-corrected chi connectivity index (χ4v) is 3.71. The molecule has 3 aromatic rings. The van der Waals surface area contributed by atoms with E-state index < -0.39 is 0 Å².